The summed E-state index contributed by atoms with van der Waals surface area (Å²) in [6.45, 7) is 6.08. The zero-order valence-electron chi connectivity index (χ0n) is 7.37. The van der Waals surface area contributed by atoms with Crippen molar-refractivity contribution in [3.05, 3.63) is 0 Å². The topological polar surface area (TPSA) is 63.3 Å². The van der Waals surface area contributed by atoms with Gasteiger partial charge in [-0.2, -0.15) is 0 Å². The van der Waals surface area contributed by atoms with Crippen LogP contribution in [0.1, 0.15) is 27.2 Å². The summed E-state index contributed by atoms with van der Waals surface area (Å²) in [5.41, 5.74) is 5.64. The molecule has 0 aliphatic rings. The van der Waals surface area contributed by atoms with E-state index in [4.69, 9.17) is 10.8 Å². The molecule has 3 N–H and O–H groups in total. The second kappa shape index (κ2) is 4.34. The molecule has 0 aromatic heterocycles. The summed E-state index contributed by atoms with van der Waals surface area (Å²) in [5, 5.41) is 8.43. The Kier molecular flexibility index (Phi) is 4.11. The molecule has 0 fully saturated rings. The number of nitrogens with two attached hydrogens (primary N) is 1. The van der Waals surface area contributed by atoms with Gasteiger partial charge < -0.3 is 10.8 Å². The van der Waals surface area contributed by atoms with Crippen LogP contribution in [0, 0.1) is 11.8 Å². The molecule has 2 atom stereocenters. The van der Waals surface area contributed by atoms with Gasteiger partial charge in [0.25, 0.3) is 0 Å². The first kappa shape index (κ1) is 10.4. The Morgan fingerprint density at radius 3 is 2.18 bits per heavy atom. The smallest absolute Gasteiger partial charge is 0.304 e. The lowest BCUT2D eigenvalue weighted by Gasteiger charge is -2.21. The molecule has 66 valence electrons. The van der Waals surface area contributed by atoms with E-state index in [2.05, 4.69) is 0 Å². The van der Waals surface area contributed by atoms with E-state index in [0.717, 1.165) is 0 Å². The normalized spacial score (nSPS) is 16.5. The Morgan fingerprint density at radius 2 is 1.91 bits per heavy atom. The van der Waals surface area contributed by atoms with Gasteiger partial charge in [-0.1, -0.05) is 20.8 Å². The van der Waals surface area contributed by atoms with E-state index in [1.54, 1.807) is 0 Å². The summed E-state index contributed by atoms with van der Waals surface area (Å²) in [7, 11) is 0. The van der Waals surface area contributed by atoms with Crippen LogP contribution in [0.4, 0.5) is 0 Å². The largest absolute Gasteiger partial charge is 0.481 e. The standard InChI is InChI=1S/C8H17NO2/c1-5(2)6(3)7(9)4-8(10)11/h5-7H,4,9H2,1-3H3,(H,10,11)/t6-,7+/m1/s1. The lowest BCUT2D eigenvalue weighted by atomic mass is 9.89. The van der Waals surface area contributed by atoms with Crippen LogP contribution in [0.15, 0.2) is 0 Å². The molecule has 3 heteroatoms. The fourth-order valence-electron chi connectivity index (χ4n) is 0.882. The summed E-state index contributed by atoms with van der Waals surface area (Å²) in [5.74, 6) is -0.0968. The second-order valence-electron chi connectivity index (χ2n) is 3.36. The lowest BCUT2D eigenvalue weighted by Crippen LogP contribution is -2.33. The SMILES string of the molecule is CC(C)[C@@H](C)[C@@H](N)CC(=O)O. The first-order valence-corrected chi connectivity index (χ1v) is 3.92. The highest BCUT2D eigenvalue weighted by atomic mass is 16.4. The van der Waals surface area contributed by atoms with Crippen LogP contribution < -0.4 is 5.73 Å². The van der Waals surface area contributed by atoms with Crippen molar-refractivity contribution in [1.29, 1.82) is 0 Å². The van der Waals surface area contributed by atoms with Crippen molar-refractivity contribution in [3.8, 4) is 0 Å². The number of aliphatic carboxylic acids is 1. The fourth-order valence-corrected chi connectivity index (χ4v) is 0.882. The maximum atomic E-state index is 10.3. The van der Waals surface area contributed by atoms with Crippen LogP contribution in [0.2, 0.25) is 0 Å². The van der Waals surface area contributed by atoms with Crippen molar-refractivity contribution in [3.63, 3.8) is 0 Å². The van der Waals surface area contributed by atoms with E-state index in [1.165, 1.54) is 0 Å². The predicted molar refractivity (Wildman–Crippen MR) is 44.2 cm³/mol. The van der Waals surface area contributed by atoms with Crippen molar-refractivity contribution in [2.45, 2.75) is 33.2 Å². The third-order valence-corrected chi connectivity index (χ3v) is 2.14. The Balaban J connectivity index is 3.82. The van der Waals surface area contributed by atoms with Crippen molar-refractivity contribution in [2.75, 3.05) is 0 Å². The number of rotatable bonds is 4. The van der Waals surface area contributed by atoms with Gasteiger partial charge in [-0.25, -0.2) is 0 Å². The third-order valence-electron chi connectivity index (χ3n) is 2.14. The number of carbonyl (C=O) groups is 1. The van der Waals surface area contributed by atoms with Crippen LogP contribution in [0.3, 0.4) is 0 Å². The minimum atomic E-state index is -0.815. The Hall–Kier alpha value is -0.570. The molecule has 0 heterocycles. The second-order valence-corrected chi connectivity index (χ2v) is 3.36. The number of carboxylic acids is 1. The third kappa shape index (κ3) is 3.98. The lowest BCUT2D eigenvalue weighted by molar-refractivity contribution is -0.137. The summed E-state index contributed by atoms with van der Waals surface area (Å²) < 4.78 is 0. The van der Waals surface area contributed by atoms with Crippen molar-refractivity contribution < 1.29 is 9.90 Å². The minimum Gasteiger partial charge on any atom is -0.481 e. The molecule has 0 aliphatic heterocycles. The average molecular weight is 159 g/mol. The predicted octanol–water partition coefficient (Wildman–Crippen LogP) is 1.08. The van der Waals surface area contributed by atoms with Gasteiger partial charge in [0.1, 0.15) is 0 Å². The Morgan fingerprint density at radius 1 is 1.45 bits per heavy atom. The van der Waals surface area contributed by atoms with E-state index < -0.39 is 5.97 Å². The van der Waals surface area contributed by atoms with Gasteiger partial charge in [0.15, 0.2) is 0 Å². The minimum absolute atomic E-state index is 0.0688. The molecule has 0 spiro atoms. The first-order chi connectivity index (χ1) is 4.95. The van der Waals surface area contributed by atoms with Crippen molar-refractivity contribution in [2.24, 2.45) is 17.6 Å². The van der Waals surface area contributed by atoms with Gasteiger partial charge in [0, 0.05) is 6.04 Å². The van der Waals surface area contributed by atoms with Gasteiger partial charge >= 0.3 is 5.97 Å². The molecular formula is C8H17NO2. The van der Waals surface area contributed by atoms with Crippen molar-refractivity contribution >= 4 is 5.97 Å². The fraction of sp³-hybridized carbons (Fsp3) is 0.875. The Bertz CT molecular complexity index is 134. The maximum Gasteiger partial charge on any atom is 0.304 e. The molecule has 0 bridgehead atoms. The summed E-state index contributed by atoms with van der Waals surface area (Å²) >= 11 is 0. The van der Waals surface area contributed by atoms with Gasteiger partial charge in [-0.15, -0.1) is 0 Å². The molecule has 0 saturated carbocycles. The Labute approximate surface area is 67.6 Å². The molecule has 0 radical (unpaired) electrons. The molecule has 0 saturated heterocycles. The summed E-state index contributed by atoms with van der Waals surface area (Å²) in [4.78, 5) is 10.3. The van der Waals surface area contributed by atoms with E-state index in [0.29, 0.717) is 5.92 Å². The molecule has 0 aliphatic carbocycles. The van der Waals surface area contributed by atoms with Gasteiger partial charge in [-0.05, 0) is 11.8 Å². The van der Waals surface area contributed by atoms with Crippen LogP contribution >= 0.6 is 0 Å². The zero-order valence-corrected chi connectivity index (χ0v) is 7.37. The first-order valence-electron chi connectivity index (χ1n) is 3.92. The quantitative estimate of drug-likeness (QED) is 0.645. The highest BCUT2D eigenvalue weighted by Crippen LogP contribution is 2.14. The zero-order chi connectivity index (χ0) is 9.02. The molecule has 0 rings (SSSR count). The van der Waals surface area contributed by atoms with Gasteiger partial charge in [0.2, 0.25) is 0 Å². The molecule has 0 amide bonds. The molecule has 11 heavy (non-hydrogen) atoms. The van der Waals surface area contributed by atoms with E-state index in [-0.39, 0.29) is 18.4 Å². The van der Waals surface area contributed by atoms with E-state index in [9.17, 15) is 4.79 Å². The molecule has 0 unspecified atom stereocenters. The van der Waals surface area contributed by atoms with Crippen LogP contribution in [-0.4, -0.2) is 17.1 Å². The number of hydrogen-bond acceptors (Lipinski definition) is 2. The molecule has 0 aromatic rings. The van der Waals surface area contributed by atoms with Crippen LogP contribution in [0.25, 0.3) is 0 Å². The number of hydrogen-bond donors (Lipinski definition) is 2. The van der Waals surface area contributed by atoms with Gasteiger partial charge in [0.05, 0.1) is 6.42 Å². The highest BCUT2D eigenvalue weighted by Gasteiger charge is 2.18. The van der Waals surface area contributed by atoms with Crippen LogP contribution in [-0.2, 0) is 4.79 Å². The summed E-state index contributed by atoms with van der Waals surface area (Å²) in [6.07, 6.45) is 0.0688. The summed E-state index contributed by atoms with van der Waals surface area (Å²) in [6, 6.07) is -0.215. The number of carboxylic acid groups (broad SMARTS) is 1. The average Bonchev–Trinajstić information content (AvgIpc) is 1.84. The monoisotopic (exact) mass is 159 g/mol. The van der Waals surface area contributed by atoms with Crippen molar-refractivity contribution in [1.82, 2.24) is 0 Å². The van der Waals surface area contributed by atoms with Crippen LogP contribution in [0.5, 0.6) is 0 Å². The van der Waals surface area contributed by atoms with E-state index in [1.807, 2.05) is 20.8 Å². The maximum absolute atomic E-state index is 10.3. The molecule has 3 nitrogen and oxygen atoms in total. The molecule has 0 aromatic carbocycles. The van der Waals surface area contributed by atoms with Gasteiger partial charge in [-0.3, -0.25) is 4.79 Å². The van der Waals surface area contributed by atoms with E-state index >= 15 is 0 Å². The highest BCUT2D eigenvalue weighted by molar-refractivity contribution is 5.67. The molecular weight excluding hydrogens is 142 g/mol.